The number of hydrogen-bond donors (Lipinski definition) is 1. The summed E-state index contributed by atoms with van der Waals surface area (Å²) in [5.41, 5.74) is 0.282. The average Bonchev–Trinajstić information content (AvgIpc) is 2.63. The highest BCUT2D eigenvalue weighted by Gasteiger charge is 2.56. The predicted molar refractivity (Wildman–Crippen MR) is 89.5 cm³/mol. The summed E-state index contributed by atoms with van der Waals surface area (Å²) in [5.74, 6) is -3.85. The second-order valence-electron chi connectivity index (χ2n) is 6.17. The van der Waals surface area contributed by atoms with Crippen molar-refractivity contribution >= 4 is 11.9 Å². The van der Waals surface area contributed by atoms with Crippen molar-refractivity contribution in [3.05, 3.63) is 65.2 Å². The molecule has 1 aliphatic rings. The first-order valence-electron chi connectivity index (χ1n) is 8.06. The number of rotatable bonds is 4. The van der Waals surface area contributed by atoms with Crippen molar-refractivity contribution in [3.63, 3.8) is 0 Å². The fourth-order valence-electron chi connectivity index (χ4n) is 3.33. The minimum Gasteiger partial charge on any atom is -0.497 e. The van der Waals surface area contributed by atoms with Gasteiger partial charge in [0.1, 0.15) is 17.7 Å². The molecule has 0 aliphatic carbocycles. The molecule has 0 radical (unpaired) electrons. The molecule has 2 aromatic carbocycles. The number of fused-ring (bicyclic) bond motifs is 1. The highest BCUT2D eigenvalue weighted by atomic mass is 19.4. The molecule has 0 aromatic heterocycles. The largest absolute Gasteiger partial charge is 0.497 e. The van der Waals surface area contributed by atoms with Crippen LogP contribution in [0.4, 0.5) is 13.2 Å². The van der Waals surface area contributed by atoms with Gasteiger partial charge in [-0.05, 0) is 29.3 Å². The fraction of sp³-hybridized carbons (Fsp3) is 0.263. The van der Waals surface area contributed by atoms with E-state index in [1.54, 1.807) is 12.1 Å². The van der Waals surface area contributed by atoms with Gasteiger partial charge in [0.15, 0.2) is 0 Å². The van der Waals surface area contributed by atoms with Crippen LogP contribution in [0.25, 0.3) is 0 Å². The van der Waals surface area contributed by atoms with E-state index in [9.17, 15) is 27.9 Å². The maximum Gasteiger partial charge on any atom is 0.410 e. The molecule has 2 atom stereocenters. The molecule has 142 valence electrons. The van der Waals surface area contributed by atoms with Crippen molar-refractivity contribution in [3.8, 4) is 5.75 Å². The van der Waals surface area contributed by atoms with Crippen molar-refractivity contribution < 1.29 is 32.6 Å². The van der Waals surface area contributed by atoms with Gasteiger partial charge in [0.05, 0.1) is 7.11 Å². The fourth-order valence-corrected chi connectivity index (χ4v) is 3.33. The number of halogens is 3. The van der Waals surface area contributed by atoms with Crippen molar-refractivity contribution in [1.29, 1.82) is 0 Å². The molecule has 1 N–H and O–H groups in total. The first kappa shape index (κ1) is 18.8. The van der Waals surface area contributed by atoms with E-state index in [-0.39, 0.29) is 17.7 Å². The number of methoxy groups -OCH3 is 1. The number of carboxylic acids is 1. The molecule has 0 unspecified atom stereocenters. The predicted octanol–water partition coefficient (Wildman–Crippen LogP) is 3.45. The van der Waals surface area contributed by atoms with E-state index in [1.807, 2.05) is 0 Å². The molecule has 0 bridgehead atoms. The number of carbonyl (C=O) groups excluding carboxylic acids is 1. The molecule has 27 heavy (non-hydrogen) atoms. The summed E-state index contributed by atoms with van der Waals surface area (Å²) in [6, 6.07) is 9.27. The first-order valence-corrected chi connectivity index (χ1v) is 8.06. The zero-order valence-electron chi connectivity index (χ0n) is 14.2. The Morgan fingerprint density at radius 2 is 1.78 bits per heavy atom. The Morgan fingerprint density at radius 3 is 2.33 bits per heavy atom. The summed E-state index contributed by atoms with van der Waals surface area (Å²) in [6.07, 6.45) is -4.90. The Hall–Kier alpha value is -3.03. The number of amides is 1. The number of carbonyl (C=O) groups is 2. The third-order valence-electron chi connectivity index (χ3n) is 4.55. The molecule has 2 aromatic rings. The first-order chi connectivity index (χ1) is 12.7. The number of ether oxygens (including phenoxy) is 1. The molecule has 5 nitrogen and oxygen atoms in total. The minimum absolute atomic E-state index is 0.0288. The average molecular weight is 379 g/mol. The van der Waals surface area contributed by atoms with Gasteiger partial charge in [-0.15, -0.1) is 0 Å². The van der Waals surface area contributed by atoms with Crippen molar-refractivity contribution in [1.82, 2.24) is 4.90 Å². The van der Waals surface area contributed by atoms with E-state index >= 15 is 0 Å². The highest BCUT2D eigenvalue weighted by Crippen LogP contribution is 2.42. The zero-order valence-corrected chi connectivity index (χ0v) is 14.2. The van der Waals surface area contributed by atoms with Crippen molar-refractivity contribution in [2.45, 2.75) is 24.7 Å². The molecule has 1 aliphatic heterocycles. The van der Waals surface area contributed by atoms with Crippen LogP contribution in [0.3, 0.4) is 0 Å². The van der Waals surface area contributed by atoms with Crippen LogP contribution in [-0.2, 0) is 11.3 Å². The van der Waals surface area contributed by atoms with Gasteiger partial charge >= 0.3 is 12.1 Å². The summed E-state index contributed by atoms with van der Waals surface area (Å²) in [5, 5.41) is 9.50. The maximum atomic E-state index is 13.8. The lowest BCUT2D eigenvalue weighted by molar-refractivity contribution is -0.192. The Balaban J connectivity index is 2.09. The zero-order chi connectivity index (χ0) is 19.8. The number of aliphatic carboxylic acids is 1. The smallest absolute Gasteiger partial charge is 0.410 e. The van der Waals surface area contributed by atoms with Gasteiger partial charge in [-0.25, -0.2) is 0 Å². The van der Waals surface area contributed by atoms with E-state index in [0.717, 1.165) is 0 Å². The van der Waals surface area contributed by atoms with Gasteiger partial charge in [0, 0.05) is 12.1 Å². The highest BCUT2D eigenvalue weighted by molar-refractivity contribution is 6.00. The number of benzene rings is 2. The van der Waals surface area contributed by atoms with Gasteiger partial charge < -0.3 is 14.7 Å². The van der Waals surface area contributed by atoms with E-state index in [4.69, 9.17) is 4.74 Å². The lowest BCUT2D eigenvalue weighted by Gasteiger charge is -2.41. The molecule has 3 rings (SSSR count). The lowest BCUT2D eigenvalue weighted by Crippen LogP contribution is -2.56. The molecular formula is C19H16F3NO4. The quantitative estimate of drug-likeness (QED) is 0.884. The number of alkyl halides is 3. The topological polar surface area (TPSA) is 66.8 Å². The second-order valence-corrected chi connectivity index (χ2v) is 6.17. The Bertz CT molecular complexity index is 864. The molecular weight excluding hydrogens is 363 g/mol. The normalized spacial score (nSPS) is 19.6. The standard InChI is InChI=1S/C19H16F3NO4/c1-27-12-8-6-11(7-9-12)10-23-16(19(20,21)22)15(18(25)26)13-4-2-3-5-14(13)17(23)24/h2-9,15-16H,10H2,1H3,(H,25,26)/t15-,16-/m0/s1. The summed E-state index contributed by atoms with van der Waals surface area (Å²) < 4.78 is 46.5. The van der Waals surface area contributed by atoms with Crippen LogP contribution in [0.1, 0.15) is 27.4 Å². The Labute approximate surface area is 153 Å². The van der Waals surface area contributed by atoms with Gasteiger partial charge in [-0.3, -0.25) is 9.59 Å². The third-order valence-corrected chi connectivity index (χ3v) is 4.55. The van der Waals surface area contributed by atoms with Crippen LogP contribution in [0, 0.1) is 0 Å². The van der Waals surface area contributed by atoms with Crippen molar-refractivity contribution in [2.75, 3.05) is 7.11 Å². The minimum atomic E-state index is -4.90. The summed E-state index contributed by atoms with van der Waals surface area (Å²) in [7, 11) is 1.46. The van der Waals surface area contributed by atoms with Gasteiger partial charge in [0.25, 0.3) is 5.91 Å². The van der Waals surface area contributed by atoms with Crippen LogP contribution in [0.15, 0.2) is 48.5 Å². The molecule has 0 fully saturated rings. The van der Waals surface area contributed by atoms with Crippen LogP contribution in [0.2, 0.25) is 0 Å². The SMILES string of the molecule is COc1ccc(CN2C(=O)c3ccccc3[C@H](C(=O)O)[C@H]2C(F)(F)F)cc1. The lowest BCUT2D eigenvalue weighted by atomic mass is 9.82. The summed E-state index contributed by atoms with van der Waals surface area (Å²) in [6.45, 7) is -0.370. The van der Waals surface area contributed by atoms with Crippen molar-refractivity contribution in [2.24, 2.45) is 0 Å². The molecule has 8 heteroatoms. The summed E-state index contributed by atoms with van der Waals surface area (Å²) >= 11 is 0. The van der Waals surface area contributed by atoms with Gasteiger partial charge in [0.2, 0.25) is 0 Å². The van der Waals surface area contributed by atoms with Crippen LogP contribution < -0.4 is 4.74 Å². The number of carboxylic acid groups (broad SMARTS) is 1. The van der Waals surface area contributed by atoms with Gasteiger partial charge in [-0.1, -0.05) is 30.3 Å². The second kappa shape index (κ2) is 6.94. The van der Waals surface area contributed by atoms with Crippen LogP contribution >= 0.6 is 0 Å². The van der Waals surface area contributed by atoms with E-state index in [2.05, 4.69) is 0 Å². The molecule has 1 heterocycles. The van der Waals surface area contributed by atoms with Crippen LogP contribution in [-0.4, -0.2) is 41.2 Å². The number of hydrogen-bond acceptors (Lipinski definition) is 3. The number of nitrogens with zero attached hydrogens (tertiary/aromatic N) is 1. The van der Waals surface area contributed by atoms with Crippen LogP contribution in [0.5, 0.6) is 5.75 Å². The maximum absolute atomic E-state index is 13.8. The Morgan fingerprint density at radius 1 is 1.15 bits per heavy atom. The van der Waals surface area contributed by atoms with E-state index < -0.39 is 30.0 Å². The molecule has 0 saturated carbocycles. The van der Waals surface area contributed by atoms with E-state index in [1.165, 1.54) is 43.5 Å². The van der Waals surface area contributed by atoms with Gasteiger partial charge in [-0.2, -0.15) is 13.2 Å². The summed E-state index contributed by atoms with van der Waals surface area (Å²) in [4.78, 5) is 25.1. The Kier molecular flexibility index (Phi) is 4.82. The molecule has 1 amide bonds. The van der Waals surface area contributed by atoms with E-state index in [0.29, 0.717) is 16.2 Å². The third kappa shape index (κ3) is 3.47. The molecule has 0 spiro atoms. The molecule has 0 saturated heterocycles. The monoisotopic (exact) mass is 379 g/mol.